The van der Waals surface area contributed by atoms with Gasteiger partial charge in [-0.2, -0.15) is 0 Å². The first kappa shape index (κ1) is 12.4. The summed E-state index contributed by atoms with van der Waals surface area (Å²) in [5, 5.41) is 12.0. The van der Waals surface area contributed by atoms with Gasteiger partial charge in [-0.1, -0.05) is 19.1 Å². The molecular weight excluding hydrogens is 230 g/mol. The normalized spacial score (nSPS) is 10.7. The highest BCUT2D eigenvalue weighted by Crippen LogP contribution is 2.19. The molecule has 0 fully saturated rings. The molecule has 0 bridgehead atoms. The van der Waals surface area contributed by atoms with Crippen molar-refractivity contribution in [2.24, 2.45) is 0 Å². The van der Waals surface area contributed by atoms with Crippen LogP contribution in [0.15, 0.2) is 24.3 Å². The molecule has 1 aromatic heterocycles. The van der Waals surface area contributed by atoms with E-state index in [9.17, 15) is 4.79 Å². The Balaban J connectivity index is 2.34. The fraction of sp³-hybridized carbons (Fsp3) is 0.385. The Morgan fingerprint density at radius 1 is 1.44 bits per heavy atom. The molecule has 0 aliphatic carbocycles. The Kier molecular flexibility index (Phi) is 3.82. The minimum Gasteiger partial charge on any atom is -0.481 e. The molecule has 0 aliphatic heterocycles. The molecule has 2 aromatic rings. The molecule has 1 aromatic carbocycles. The molecular formula is C13H17N3O2. The SMILES string of the molecule is CCCNc1nc2ccccc2n1CCC(=O)O. The first-order valence-electron chi connectivity index (χ1n) is 6.13. The number of carboxylic acids is 1. The zero-order valence-corrected chi connectivity index (χ0v) is 10.4. The maximum absolute atomic E-state index is 10.7. The van der Waals surface area contributed by atoms with E-state index in [1.165, 1.54) is 0 Å². The number of anilines is 1. The van der Waals surface area contributed by atoms with E-state index in [0.717, 1.165) is 29.9 Å². The molecule has 18 heavy (non-hydrogen) atoms. The Hall–Kier alpha value is -2.04. The van der Waals surface area contributed by atoms with Crippen LogP contribution in [-0.4, -0.2) is 27.2 Å². The van der Waals surface area contributed by atoms with Crippen molar-refractivity contribution in [3.63, 3.8) is 0 Å². The van der Waals surface area contributed by atoms with Gasteiger partial charge in [0.05, 0.1) is 17.5 Å². The summed E-state index contributed by atoms with van der Waals surface area (Å²) in [6.45, 7) is 3.34. The number of aliphatic carboxylic acids is 1. The third kappa shape index (κ3) is 2.61. The average molecular weight is 247 g/mol. The molecule has 0 amide bonds. The number of nitrogens with one attached hydrogen (secondary N) is 1. The molecule has 96 valence electrons. The van der Waals surface area contributed by atoms with E-state index in [1.807, 2.05) is 28.8 Å². The van der Waals surface area contributed by atoms with Crippen molar-refractivity contribution in [1.29, 1.82) is 0 Å². The highest BCUT2D eigenvalue weighted by Gasteiger charge is 2.10. The van der Waals surface area contributed by atoms with Crippen molar-refractivity contribution in [3.05, 3.63) is 24.3 Å². The first-order valence-corrected chi connectivity index (χ1v) is 6.13. The summed E-state index contributed by atoms with van der Waals surface area (Å²) in [5.74, 6) is -0.0477. The van der Waals surface area contributed by atoms with E-state index in [-0.39, 0.29) is 6.42 Å². The number of benzene rings is 1. The van der Waals surface area contributed by atoms with Gasteiger partial charge in [-0.05, 0) is 18.6 Å². The molecule has 0 aliphatic rings. The number of rotatable bonds is 6. The number of aromatic nitrogens is 2. The molecule has 0 saturated carbocycles. The monoisotopic (exact) mass is 247 g/mol. The van der Waals surface area contributed by atoms with Gasteiger partial charge in [0.25, 0.3) is 0 Å². The fourth-order valence-electron chi connectivity index (χ4n) is 1.88. The van der Waals surface area contributed by atoms with Gasteiger partial charge >= 0.3 is 5.97 Å². The third-order valence-electron chi connectivity index (χ3n) is 2.74. The van der Waals surface area contributed by atoms with Gasteiger partial charge in [-0.15, -0.1) is 0 Å². The fourth-order valence-corrected chi connectivity index (χ4v) is 1.88. The second-order valence-corrected chi connectivity index (χ2v) is 4.15. The quantitative estimate of drug-likeness (QED) is 0.822. The van der Waals surface area contributed by atoms with E-state index in [2.05, 4.69) is 17.2 Å². The number of hydrogen-bond acceptors (Lipinski definition) is 3. The number of para-hydroxylation sites is 2. The lowest BCUT2D eigenvalue weighted by Crippen LogP contribution is -2.10. The summed E-state index contributed by atoms with van der Waals surface area (Å²) in [6.07, 6.45) is 1.10. The lowest BCUT2D eigenvalue weighted by Gasteiger charge is -2.08. The first-order chi connectivity index (χ1) is 8.72. The third-order valence-corrected chi connectivity index (χ3v) is 2.74. The second-order valence-electron chi connectivity index (χ2n) is 4.15. The predicted molar refractivity (Wildman–Crippen MR) is 70.8 cm³/mol. The number of hydrogen-bond donors (Lipinski definition) is 2. The van der Waals surface area contributed by atoms with Gasteiger partial charge in [0.2, 0.25) is 5.95 Å². The van der Waals surface area contributed by atoms with E-state index in [4.69, 9.17) is 5.11 Å². The Labute approximate surface area is 105 Å². The van der Waals surface area contributed by atoms with Gasteiger partial charge in [-0.3, -0.25) is 4.79 Å². The van der Waals surface area contributed by atoms with Crippen LogP contribution in [0.25, 0.3) is 11.0 Å². The van der Waals surface area contributed by atoms with Crippen LogP contribution in [0.5, 0.6) is 0 Å². The highest BCUT2D eigenvalue weighted by molar-refractivity contribution is 5.79. The van der Waals surface area contributed by atoms with E-state index >= 15 is 0 Å². The summed E-state index contributed by atoms with van der Waals surface area (Å²) in [4.78, 5) is 15.2. The van der Waals surface area contributed by atoms with Gasteiger partial charge in [-0.25, -0.2) is 4.98 Å². The van der Waals surface area contributed by atoms with Crippen molar-refractivity contribution in [1.82, 2.24) is 9.55 Å². The maximum Gasteiger partial charge on any atom is 0.305 e. The highest BCUT2D eigenvalue weighted by atomic mass is 16.4. The summed E-state index contributed by atoms with van der Waals surface area (Å²) in [7, 11) is 0. The van der Waals surface area contributed by atoms with Crippen LogP contribution in [-0.2, 0) is 11.3 Å². The largest absolute Gasteiger partial charge is 0.481 e. The lowest BCUT2D eigenvalue weighted by molar-refractivity contribution is -0.137. The second kappa shape index (κ2) is 5.53. The number of fused-ring (bicyclic) bond motifs is 1. The van der Waals surface area contributed by atoms with Gasteiger partial charge in [0, 0.05) is 13.1 Å². The van der Waals surface area contributed by atoms with Gasteiger partial charge in [0.1, 0.15) is 0 Å². The predicted octanol–water partition coefficient (Wildman–Crippen LogP) is 2.33. The number of carbonyl (C=O) groups is 1. The average Bonchev–Trinajstić information content (AvgIpc) is 2.71. The summed E-state index contributed by atoms with van der Waals surface area (Å²) >= 11 is 0. The molecule has 5 heteroatoms. The molecule has 0 spiro atoms. The minimum absolute atomic E-state index is 0.0984. The topological polar surface area (TPSA) is 67.2 Å². The maximum atomic E-state index is 10.7. The van der Waals surface area contributed by atoms with Gasteiger partial charge < -0.3 is 15.0 Å². The van der Waals surface area contributed by atoms with Crippen LogP contribution in [0.4, 0.5) is 5.95 Å². The zero-order valence-electron chi connectivity index (χ0n) is 10.4. The molecule has 1 heterocycles. The van der Waals surface area contributed by atoms with Crippen molar-refractivity contribution in [3.8, 4) is 0 Å². The standard InChI is InChI=1S/C13H17N3O2/c1-2-8-14-13-15-10-5-3-4-6-11(10)16(13)9-7-12(17)18/h3-6H,2,7-9H2,1H3,(H,14,15)(H,17,18). The summed E-state index contributed by atoms with van der Waals surface area (Å²) in [6, 6.07) is 7.76. The molecule has 2 N–H and O–H groups in total. The van der Waals surface area contributed by atoms with Crippen molar-refractivity contribution >= 4 is 23.0 Å². The molecule has 0 atom stereocenters. The minimum atomic E-state index is -0.797. The molecule has 2 rings (SSSR count). The van der Waals surface area contributed by atoms with Crippen LogP contribution >= 0.6 is 0 Å². The van der Waals surface area contributed by atoms with Crippen LogP contribution < -0.4 is 5.32 Å². The van der Waals surface area contributed by atoms with Crippen LogP contribution in [0.2, 0.25) is 0 Å². The smallest absolute Gasteiger partial charge is 0.305 e. The Morgan fingerprint density at radius 2 is 2.22 bits per heavy atom. The van der Waals surface area contributed by atoms with Crippen LogP contribution in [0, 0.1) is 0 Å². The van der Waals surface area contributed by atoms with Crippen molar-refractivity contribution in [2.45, 2.75) is 26.3 Å². The number of aryl methyl sites for hydroxylation is 1. The van der Waals surface area contributed by atoms with E-state index < -0.39 is 5.97 Å². The molecule has 5 nitrogen and oxygen atoms in total. The number of imidazole rings is 1. The Morgan fingerprint density at radius 3 is 2.94 bits per heavy atom. The Bertz CT molecular complexity index is 548. The van der Waals surface area contributed by atoms with E-state index in [0.29, 0.717) is 6.54 Å². The number of carboxylic acid groups (broad SMARTS) is 1. The lowest BCUT2D eigenvalue weighted by atomic mass is 10.3. The number of nitrogens with zero attached hydrogens (tertiary/aromatic N) is 2. The van der Waals surface area contributed by atoms with Crippen LogP contribution in [0.1, 0.15) is 19.8 Å². The molecule has 0 radical (unpaired) electrons. The van der Waals surface area contributed by atoms with E-state index in [1.54, 1.807) is 0 Å². The molecule has 0 saturated heterocycles. The zero-order chi connectivity index (χ0) is 13.0. The molecule has 0 unspecified atom stereocenters. The summed E-state index contributed by atoms with van der Waals surface area (Å²) < 4.78 is 1.93. The summed E-state index contributed by atoms with van der Waals surface area (Å²) in [5.41, 5.74) is 1.86. The van der Waals surface area contributed by atoms with Crippen molar-refractivity contribution in [2.75, 3.05) is 11.9 Å². The van der Waals surface area contributed by atoms with Gasteiger partial charge in [0.15, 0.2) is 0 Å². The van der Waals surface area contributed by atoms with Crippen LogP contribution in [0.3, 0.4) is 0 Å². The van der Waals surface area contributed by atoms with Crippen molar-refractivity contribution < 1.29 is 9.90 Å².